The maximum Gasteiger partial charge on any atom is 0.265 e. The Morgan fingerprint density at radius 3 is 2.11 bits per heavy atom. The number of carbonyl (C=O) groups excluding carboxylic acids is 2. The molecule has 47 heavy (non-hydrogen) atoms. The molecule has 14 heteroatoms. The maximum atomic E-state index is 14.5. The lowest BCUT2D eigenvalue weighted by molar-refractivity contribution is -0.140. The molecule has 0 bridgehead atoms. The SMILES string of the molecule is CC[C@@H](C(=O)NC1CCCC1)N(Cc1c(Cl)cccc1Cl)C(=O)CN(c1cc(Cl)ccc1OC)S(=O)(=O)c1ccc(OC)c(OC)c1. The molecule has 254 valence electrons. The van der Waals surface area contributed by atoms with Crippen LogP contribution < -0.4 is 23.8 Å². The van der Waals surface area contributed by atoms with Gasteiger partial charge in [-0.25, -0.2) is 8.42 Å². The fraction of sp³-hybridized carbons (Fsp3) is 0.394. The fourth-order valence-corrected chi connectivity index (χ4v) is 7.73. The van der Waals surface area contributed by atoms with E-state index in [4.69, 9.17) is 49.0 Å². The second kappa shape index (κ2) is 16.1. The van der Waals surface area contributed by atoms with Crippen LogP contribution in [0.4, 0.5) is 5.69 Å². The number of benzene rings is 3. The number of anilines is 1. The van der Waals surface area contributed by atoms with Gasteiger partial charge in [0.2, 0.25) is 11.8 Å². The van der Waals surface area contributed by atoms with Gasteiger partial charge in [0.15, 0.2) is 11.5 Å². The first-order valence-corrected chi connectivity index (χ1v) is 17.6. The molecule has 4 rings (SSSR count). The molecule has 0 heterocycles. The number of nitrogens with one attached hydrogen (secondary N) is 1. The Morgan fingerprint density at radius 2 is 1.51 bits per heavy atom. The molecular formula is C33H38Cl3N3O7S. The van der Waals surface area contributed by atoms with Crippen LogP contribution in [-0.4, -0.2) is 65.1 Å². The van der Waals surface area contributed by atoms with Gasteiger partial charge in [-0.2, -0.15) is 0 Å². The van der Waals surface area contributed by atoms with E-state index >= 15 is 0 Å². The minimum absolute atomic E-state index is 0.00458. The van der Waals surface area contributed by atoms with Crippen molar-refractivity contribution in [3.05, 3.63) is 75.2 Å². The molecule has 3 aromatic rings. The van der Waals surface area contributed by atoms with Gasteiger partial charge in [-0.1, -0.05) is 60.6 Å². The van der Waals surface area contributed by atoms with Crippen LogP contribution in [-0.2, 0) is 26.2 Å². The minimum atomic E-state index is -4.49. The lowest BCUT2D eigenvalue weighted by Gasteiger charge is -2.34. The molecule has 1 aliphatic carbocycles. The molecule has 3 aromatic carbocycles. The summed E-state index contributed by atoms with van der Waals surface area (Å²) in [6.45, 7) is 0.916. The van der Waals surface area contributed by atoms with Crippen LogP contribution in [0.25, 0.3) is 0 Å². The zero-order valence-electron chi connectivity index (χ0n) is 26.6. The van der Waals surface area contributed by atoms with Crippen molar-refractivity contribution in [2.75, 3.05) is 32.2 Å². The molecule has 0 radical (unpaired) electrons. The number of methoxy groups -OCH3 is 3. The molecular weight excluding hydrogens is 689 g/mol. The Labute approximate surface area is 290 Å². The lowest BCUT2D eigenvalue weighted by Crippen LogP contribution is -2.53. The average molecular weight is 727 g/mol. The normalized spacial score (nSPS) is 13.9. The zero-order valence-corrected chi connectivity index (χ0v) is 29.7. The summed E-state index contributed by atoms with van der Waals surface area (Å²) < 4.78 is 46.0. The van der Waals surface area contributed by atoms with E-state index in [-0.39, 0.29) is 52.0 Å². The number of hydrogen-bond acceptors (Lipinski definition) is 7. The van der Waals surface area contributed by atoms with Gasteiger partial charge in [0.05, 0.1) is 31.9 Å². The van der Waals surface area contributed by atoms with Crippen LogP contribution in [0.5, 0.6) is 17.2 Å². The maximum absolute atomic E-state index is 14.5. The predicted molar refractivity (Wildman–Crippen MR) is 184 cm³/mol. The Bertz CT molecular complexity index is 1680. The zero-order chi connectivity index (χ0) is 34.3. The number of carbonyl (C=O) groups is 2. The van der Waals surface area contributed by atoms with Crippen LogP contribution in [0.2, 0.25) is 15.1 Å². The Morgan fingerprint density at radius 1 is 0.894 bits per heavy atom. The van der Waals surface area contributed by atoms with Crippen LogP contribution in [0.15, 0.2) is 59.5 Å². The third-order valence-electron chi connectivity index (χ3n) is 8.11. The molecule has 1 atom stereocenters. The van der Waals surface area contributed by atoms with E-state index in [0.29, 0.717) is 21.4 Å². The third kappa shape index (κ3) is 8.38. The number of amides is 2. The topological polar surface area (TPSA) is 114 Å². The van der Waals surface area contributed by atoms with E-state index in [2.05, 4.69) is 5.32 Å². The molecule has 1 aliphatic rings. The largest absolute Gasteiger partial charge is 0.495 e. The molecule has 1 saturated carbocycles. The fourth-order valence-electron chi connectivity index (χ4n) is 5.62. The summed E-state index contributed by atoms with van der Waals surface area (Å²) in [5, 5.41) is 3.89. The van der Waals surface area contributed by atoms with Crippen LogP contribution >= 0.6 is 34.8 Å². The molecule has 10 nitrogen and oxygen atoms in total. The summed E-state index contributed by atoms with van der Waals surface area (Å²) in [7, 11) is -0.299. The molecule has 1 fully saturated rings. The average Bonchev–Trinajstić information content (AvgIpc) is 3.57. The Kier molecular flexibility index (Phi) is 12.5. The third-order valence-corrected chi connectivity index (χ3v) is 10.8. The molecule has 0 spiro atoms. The molecule has 0 saturated heterocycles. The second-order valence-corrected chi connectivity index (χ2v) is 14.1. The Hall–Kier alpha value is -3.38. The van der Waals surface area contributed by atoms with E-state index < -0.39 is 28.5 Å². The summed E-state index contributed by atoms with van der Waals surface area (Å²) >= 11 is 19.4. The van der Waals surface area contributed by atoms with Crippen LogP contribution in [0.3, 0.4) is 0 Å². The van der Waals surface area contributed by atoms with Crippen molar-refractivity contribution in [1.29, 1.82) is 0 Å². The number of hydrogen-bond donors (Lipinski definition) is 1. The van der Waals surface area contributed by atoms with Gasteiger partial charge in [0.25, 0.3) is 10.0 Å². The molecule has 2 amide bonds. The number of rotatable bonds is 14. The van der Waals surface area contributed by atoms with E-state index in [9.17, 15) is 18.0 Å². The minimum Gasteiger partial charge on any atom is -0.495 e. The predicted octanol–water partition coefficient (Wildman–Crippen LogP) is 6.73. The van der Waals surface area contributed by atoms with Crippen molar-refractivity contribution in [2.45, 2.75) is 62.6 Å². The van der Waals surface area contributed by atoms with Gasteiger partial charge >= 0.3 is 0 Å². The number of halogens is 3. The van der Waals surface area contributed by atoms with Crippen LogP contribution in [0.1, 0.15) is 44.6 Å². The van der Waals surface area contributed by atoms with E-state index in [1.807, 2.05) is 0 Å². The standard InChI is InChI=1S/C33H38Cl3N3O7S/c1-5-27(33(41)37-22-9-6-7-10-22)38(19-24-25(35)11-8-12-26(24)36)32(40)20-39(28-17-21(34)13-15-29(28)44-2)47(42,43)23-14-16-30(45-3)31(18-23)46-4/h8,11-18,22,27H,5-7,9-10,19-20H2,1-4H3,(H,37,41)/t27-/m0/s1. The van der Waals surface area contributed by atoms with Gasteiger partial charge in [-0.15, -0.1) is 0 Å². The quantitative estimate of drug-likeness (QED) is 0.196. The molecule has 0 aliphatic heterocycles. The van der Waals surface area contributed by atoms with E-state index in [1.165, 1.54) is 56.6 Å². The van der Waals surface area contributed by atoms with Crippen molar-refractivity contribution in [3.63, 3.8) is 0 Å². The first-order valence-electron chi connectivity index (χ1n) is 15.1. The Balaban J connectivity index is 1.83. The monoisotopic (exact) mass is 725 g/mol. The summed E-state index contributed by atoms with van der Waals surface area (Å²) in [6, 6.07) is 12.5. The van der Waals surface area contributed by atoms with Gasteiger partial charge in [0, 0.05) is 39.3 Å². The highest BCUT2D eigenvalue weighted by Crippen LogP contribution is 2.37. The second-order valence-electron chi connectivity index (χ2n) is 11.0. The van der Waals surface area contributed by atoms with Crippen molar-refractivity contribution in [3.8, 4) is 17.2 Å². The van der Waals surface area contributed by atoms with Gasteiger partial charge in [0.1, 0.15) is 18.3 Å². The summed E-state index contributed by atoms with van der Waals surface area (Å²) in [5.74, 6) is -0.386. The number of ether oxygens (including phenoxy) is 3. The van der Waals surface area contributed by atoms with Gasteiger partial charge in [-0.3, -0.25) is 13.9 Å². The van der Waals surface area contributed by atoms with Gasteiger partial charge < -0.3 is 24.4 Å². The highest BCUT2D eigenvalue weighted by Gasteiger charge is 2.36. The summed E-state index contributed by atoms with van der Waals surface area (Å²) in [6.07, 6.45) is 3.94. The smallest absolute Gasteiger partial charge is 0.265 e. The first-order chi connectivity index (χ1) is 22.4. The highest BCUT2D eigenvalue weighted by atomic mass is 35.5. The highest BCUT2D eigenvalue weighted by molar-refractivity contribution is 7.92. The lowest BCUT2D eigenvalue weighted by atomic mass is 10.1. The van der Waals surface area contributed by atoms with E-state index in [1.54, 1.807) is 31.2 Å². The van der Waals surface area contributed by atoms with Crippen molar-refractivity contribution < 1.29 is 32.2 Å². The molecule has 0 unspecified atom stereocenters. The molecule has 0 aromatic heterocycles. The van der Waals surface area contributed by atoms with Crippen molar-refractivity contribution in [2.24, 2.45) is 0 Å². The van der Waals surface area contributed by atoms with Gasteiger partial charge in [-0.05, 0) is 61.7 Å². The molecule has 1 N–H and O–H groups in total. The first kappa shape index (κ1) is 36.5. The number of nitrogens with zero attached hydrogens (tertiary/aromatic N) is 2. The number of sulfonamides is 1. The van der Waals surface area contributed by atoms with Crippen molar-refractivity contribution in [1.82, 2.24) is 10.2 Å². The summed E-state index contributed by atoms with van der Waals surface area (Å²) in [4.78, 5) is 29.4. The van der Waals surface area contributed by atoms with Crippen molar-refractivity contribution >= 4 is 62.3 Å². The van der Waals surface area contributed by atoms with E-state index in [0.717, 1.165) is 30.0 Å². The summed E-state index contributed by atoms with van der Waals surface area (Å²) in [5.41, 5.74) is 0.438. The van der Waals surface area contributed by atoms with Crippen LogP contribution in [0, 0.1) is 0 Å².